The molecule has 0 saturated carbocycles. The van der Waals surface area contributed by atoms with Crippen molar-refractivity contribution < 1.29 is 50.2 Å². The van der Waals surface area contributed by atoms with Gasteiger partial charge < -0.3 is 19.7 Å². The van der Waals surface area contributed by atoms with Crippen LogP contribution in [0.1, 0.15) is 96.0 Å². The summed E-state index contributed by atoms with van der Waals surface area (Å²) in [4.78, 5) is 41.5. The number of carboxylic acids is 1. The molecule has 0 spiro atoms. The van der Waals surface area contributed by atoms with Gasteiger partial charge in [-0.2, -0.15) is 26.3 Å². The zero-order chi connectivity index (χ0) is 39.5. The first-order chi connectivity index (χ1) is 25.4. The Morgan fingerprint density at radius 2 is 1.59 bits per heavy atom. The van der Waals surface area contributed by atoms with Crippen molar-refractivity contribution in [1.29, 1.82) is 0 Å². The van der Waals surface area contributed by atoms with Crippen molar-refractivity contribution in [1.82, 2.24) is 14.8 Å². The maximum atomic E-state index is 16.0. The van der Waals surface area contributed by atoms with Crippen molar-refractivity contribution in [3.05, 3.63) is 91.6 Å². The number of aliphatic carboxylic acids is 1. The first-order valence-corrected chi connectivity index (χ1v) is 18.0. The highest BCUT2D eigenvalue weighted by Crippen LogP contribution is 2.41. The second-order valence-electron chi connectivity index (χ2n) is 14.3. The normalized spacial score (nSPS) is 19.6. The largest absolute Gasteiger partial charge is 0.481 e. The maximum Gasteiger partial charge on any atom is 0.419 e. The van der Waals surface area contributed by atoms with E-state index < -0.39 is 70.8 Å². The number of aryl methyl sites for hydroxylation is 3. The molecule has 0 radical (unpaired) electrons. The van der Waals surface area contributed by atoms with Crippen LogP contribution in [0.25, 0.3) is 11.1 Å². The molecule has 54 heavy (non-hydrogen) atoms. The number of rotatable bonds is 7. The smallest absolute Gasteiger partial charge is 0.419 e. The number of methoxy groups -OCH3 is 1. The Labute approximate surface area is 308 Å². The number of benzene rings is 2. The van der Waals surface area contributed by atoms with E-state index in [1.807, 2.05) is 17.9 Å². The van der Waals surface area contributed by atoms with Crippen molar-refractivity contribution >= 4 is 11.9 Å². The standard InChI is InChI=1S/C39H44F7N3O5/c1-22-13-23(2)35-24(14-22)9-7-5-4-6-8-10-32(37(53)47-31(18-34(51)52)28-15-26(35)16-30(36(28)40)39(44,45)46)49-19-25(11-12-48-20-27(21-48)54-3)29(17-33(49)50)38(41,42)43/h13-17,19,27,31-32H,4-12,18,20-21H2,1-3H3,(H,47,53)(H,51,52)/t31-,32-/m0/s1. The molecular weight excluding hydrogens is 723 g/mol. The van der Waals surface area contributed by atoms with Gasteiger partial charge in [0.15, 0.2) is 0 Å². The van der Waals surface area contributed by atoms with Crippen LogP contribution in [0.4, 0.5) is 30.7 Å². The van der Waals surface area contributed by atoms with E-state index in [2.05, 4.69) is 5.32 Å². The Bertz CT molecular complexity index is 1920. The van der Waals surface area contributed by atoms with Crippen molar-refractivity contribution in [2.45, 2.75) is 102 Å². The molecule has 0 aliphatic carbocycles. The number of ether oxygens (including phenoxy) is 1. The molecule has 1 fully saturated rings. The van der Waals surface area contributed by atoms with E-state index in [-0.39, 0.29) is 36.6 Å². The summed E-state index contributed by atoms with van der Waals surface area (Å²) in [5, 5.41) is 12.2. The van der Waals surface area contributed by atoms with Gasteiger partial charge in [0.1, 0.15) is 11.9 Å². The van der Waals surface area contributed by atoms with E-state index in [4.69, 9.17) is 4.74 Å². The van der Waals surface area contributed by atoms with Crippen molar-refractivity contribution in [3.63, 3.8) is 0 Å². The van der Waals surface area contributed by atoms with Crippen LogP contribution in [-0.2, 0) is 39.5 Å². The highest BCUT2D eigenvalue weighted by molar-refractivity contribution is 5.82. The Hall–Kier alpha value is -4.24. The summed E-state index contributed by atoms with van der Waals surface area (Å²) in [7, 11) is 1.53. The number of likely N-dealkylation sites (tertiary alicyclic amines) is 1. The summed E-state index contributed by atoms with van der Waals surface area (Å²) in [6.07, 6.45) is -6.87. The molecule has 1 saturated heterocycles. The van der Waals surface area contributed by atoms with E-state index in [9.17, 15) is 45.8 Å². The van der Waals surface area contributed by atoms with Crippen LogP contribution in [0, 0.1) is 19.7 Å². The molecular formula is C39H44F7N3O5. The fourth-order valence-corrected chi connectivity index (χ4v) is 7.61. The molecule has 5 rings (SSSR count). The first kappa shape index (κ1) is 40.9. The Morgan fingerprint density at radius 1 is 0.926 bits per heavy atom. The highest BCUT2D eigenvalue weighted by Gasteiger charge is 2.39. The second-order valence-corrected chi connectivity index (χ2v) is 14.3. The molecule has 2 aromatic carbocycles. The van der Waals surface area contributed by atoms with E-state index in [0.717, 1.165) is 34.4 Å². The number of aromatic nitrogens is 1. The van der Waals surface area contributed by atoms with E-state index >= 15 is 4.39 Å². The van der Waals surface area contributed by atoms with Gasteiger partial charge in [-0.25, -0.2) is 4.39 Å². The quantitative estimate of drug-likeness (QED) is 0.237. The summed E-state index contributed by atoms with van der Waals surface area (Å²) in [5.74, 6) is -4.37. The topological polar surface area (TPSA) is 101 Å². The Kier molecular flexibility index (Phi) is 12.6. The number of alkyl halides is 6. The maximum absolute atomic E-state index is 16.0. The number of halogens is 7. The van der Waals surface area contributed by atoms with Gasteiger partial charge in [0.2, 0.25) is 5.91 Å². The molecule has 3 aromatic rings. The molecule has 2 bridgehead atoms. The molecule has 294 valence electrons. The summed E-state index contributed by atoms with van der Waals surface area (Å²) < 4.78 is 108. The number of nitrogens with one attached hydrogen (secondary N) is 1. The predicted octanol–water partition coefficient (Wildman–Crippen LogP) is 7.95. The average molecular weight is 768 g/mol. The molecule has 1 amide bonds. The van der Waals surface area contributed by atoms with Gasteiger partial charge >= 0.3 is 18.3 Å². The van der Waals surface area contributed by atoms with E-state index in [1.165, 1.54) is 7.11 Å². The number of hydrogen-bond acceptors (Lipinski definition) is 5. The van der Waals surface area contributed by atoms with Crippen molar-refractivity contribution in [2.75, 3.05) is 26.7 Å². The monoisotopic (exact) mass is 767 g/mol. The number of carbonyl (C=O) groups excluding carboxylic acids is 1. The molecule has 2 aliphatic rings. The summed E-state index contributed by atoms with van der Waals surface area (Å²) >= 11 is 0. The molecule has 15 heteroatoms. The minimum atomic E-state index is -5.20. The third kappa shape index (κ3) is 9.52. The highest BCUT2D eigenvalue weighted by atomic mass is 19.4. The molecule has 2 atom stereocenters. The minimum Gasteiger partial charge on any atom is -0.481 e. The van der Waals surface area contributed by atoms with Gasteiger partial charge in [-0.05, 0) is 79.5 Å². The van der Waals surface area contributed by atoms with Crippen LogP contribution < -0.4 is 10.9 Å². The number of hydrogen-bond donors (Lipinski definition) is 2. The Balaban J connectivity index is 1.63. The predicted molar refractivity (Wildman–Crippen MR) is 187 cm³/mol. The SMILES string of the molecule is COC1CN(CCc2cn([C@H]3CCCCCCCc4cc(C)cc(C)c4-c4cc(c(F)c(C(F)(F)F)c4)[C@H](CC(=O)O)NC3=O)c(=O)cc2C(F)(F)F)C1. The number of fused-ring (bicyclic) bond motifs is 4. The van der Waals surface area contributed by atoms with Crippen LogP contribution in [0.3, 0.4) is 0 Å². The van der Waals surface area contributed by atoms with Crippen molar-refractivity contribution in [2.24, 2.45) is 0 Å². The van der Waals surface area contributed by atoms with E-state index in [0.29, 0.717) is 68.5 Å². The summed E-state index contributed by atoms with van der Waals surface area (Å²) in [6.45, 7) is 4.79. The van der Waals surface area contributed by atoms with Crippen LogP contribution in [-0.4, -0.2) is 59.3 Å². The third-order valence-electron chi connectivity index (χ3n) is 10.3. The molecule has 0 unspecified atom stereocenters. The van der Waals surface area contributed by atoms with Gasteiger partial charge in [0.05, 0.1) is 29.7 Å². The molecule has 2 aliphatic heterocycles. The van der Waals surface area contributed by atoms with Crippen LogP contribution in [0.15, 0.2) is 41.3 Å². The lowest BCUT2D eigenvalue weighted by Gasteiger charge is -2.38. The fraction of sp³-hybridized carbons (Fsp3) is 0.513. The van der Waals surface area contributed by atoms with Gasteiger partial charge in [0, 0.05) is 44.6 Å². The Morgan fingerprint density at radius 3 is 2.24 bits per heavy atom. The zero-order valence-electron chi connectivity index (χ0n) is 30.3. The number of amides is 1. The van der Waals surface area contributed by atoms with Crippen LogP contribution in [0.2, 0.25) is 0 Å². The summed E-state index contributed by atoms with van der Waals surface area (Å²) in [5.41, 5.74) is -2.24. The number of nitrogens with zero attached hydrogens (tertiary/aromatic N) is 2. The minimum absolute atomic E-state index is 0.0119. The first-order valence-electron chi connectivity index (χ1n) is 18.0. The number of carbonyl (C=O) groups is 2. The number of pyridine rings is 1. The lowest BCUT2D eigenvalue weighted by atomic mass is 9.87. The molecule has 2 N–H and O–H groups in total. The summed E-state index contributed by atoms with van der Waals surface area (Å²) in [6, 6.07) is 2.54. The lowest BCUT2D eigenvalue weighted by Crippen LogP contribution is -2.52. The van der Waals surface area contributed by atoms with Gasteiger partial charge in [-0.1, -0.05) is 43.4 Å². The van der Waals surface area contributed by atoms with Gasteiger partial charge in [0.25, 0.3) is 5.56 Å². The molecule has 8 nitrogen and oxygen atoms in total. The van der Waals surface area contributed by atoms with E-state index in [1.54, 1.807) is 13.0 Å². The zero-order valence-corrected chi connectivity index (χ0v) is 30.3. The van der Waals surface area contributed by atoms with Gasteiger partial charge in [-0.3, -0.25) is 19.3 Å². The molecule has 3 heterocycles. The van der Waals surface area contributed by atoms with Crippen LogP contribution in [0.5, 0.6) is 0 Å². The average Bonchev–Trinajstić information content (AvgIpc) is 3.04. The molecule has 1 aromatic heterocycles. The fourth-order valence-electron chi connectivity index (χ4n) is 7.61. The van der Waals surface area contributed by atoms with Gasteiger partial charge in [-0.15, -0.1) is 0 Å². The second kappa shape index (κ2) is 16.6. The van der Waals surface area contributed by atoms with Crippen molar-refractivity contribution in [3.8, 4) is 11.1 Å². The third-order valence-corrected chi connectivity index (χ3v) is 10.3. The number of carboxylic acid groups (broad SMARTS) is 1. The lowest BCUT2D eigenvalue weighted by molar-refractivity contribution is -0.140. The van der Waals surface area contributed by atoms with Crippen LogP contribution >= 0.6 is 0 Å².